The summed E-state index contributed by atoms with van der Waals surface area (Å²) in [5, 5.41) is 2.84. The Morgan fingerprint density at radius 2 is 1.52 bits per heavy atom. The van der Waals surface area contributed by atoms with Crippen molar-refractivity contribution in [1.82, 2.24) is 5.32 Å². The Morgan fingerprint density at radius 3 is 2.21 bits per heavy atom. The number of allylic oxidation sites excluding steroid dienone is 6. The van der Waals surface area contributed by atoms with Crippen LogP contribution in [0.1, 0.15) is 77.6 Å². The van der Waals surface area contributed by atoms with Crippen molar-refractivity contribution >= 4 is 19.6 Å². The van der Waals surface area contributed by atoms with Crippen molar-refractivity contribution in [2.75, 3.05) is 19.3 Å². The van der Waals surface area contributed by atoms with Gasteiger partial charge in [-0.1, -0.05) is 62.6 Å². The van der Waals surface area contributed by atoms with Gasteiger partial charge in [-0.2, -0.15) is 0 Å². The Labute approximate surface area is 178 Å². The molecule has 5 nitrogen and oxygen atoms in total. The molecule has 166 valence electrons. The molecule has 0 aromatic carbocycles. The zero-order chi connectivity index (χ0) is 21.6. The van der Waals surface area contributed by atoms with E-state index in [2.05, 4.69) is 48.7 Å². The quantitative estimate of drug-likeness (QED) is 0.155. The number of amides is 1. The number of rotatable bonds is 19. The van der Waals surface area contributed by atoms with Crippen molar-refractivity contribution in [3.63, 3.8) is 0 Å². The van der Waals surface area contributed by atoms with E-state index in [1.807, 2.05) is 0 Å². The third-order valence-corrected chi connectivity index (χ3v) is 5.88. The molecule has 1 atom stereocenters. The molecule has 0 aromatic rings. The zero-order valence-corrected chi connectivity index (χ0v) is 19.0. The van der Waals surface area contributed by atoms with Gasteiger partial charge in [0.15, 0.2) is 5.52 Å². The summed E-state index contributed by atoms with van der Waals surface area (Å²) in [4.78, 5) is 32.5. The molecule has 6 heteroatoms. The van der Waals surface area contributed by atoms with E-state index in [9.17, 15) is 14.5 Å². The molecule has 29 heavy (non-hydrogen) atoms. The number of carbonyl (C=O) groups is 2. The summed E-state index contributed by atoms with van der Waals surface area (Å²) in [7, 11) is -1.63. The number of unbranched alkanes of at least 4 members (excludes halogenated alkanes) is 5. The third-order valence-electron chi connectivity index (χ3n) is 4.39. The van der Waals surface area contributed by atoms with Crippen LogP contribution in [-0.2, 0) is 9.59 Å². The molecule has 0 radical (unpaired) electrons. The van der Waals surface area contributed by atoms with Crippen LogP contribution in [-0.4, -0.2) is 35.6 Å². The van der Waals surface area contributed by atoms with Gasteiger partial charge in [-0.15, -0.1) is 0 Å². The molecule has 0 aliphatic heterocycles. The van der Waals surface area contributed by atoms with Gasteiger partial charge in [-0.3, -0.25) is 9.59 Å². The number of nitrogens with one attached hydrogen (secondary N) is 1. The maximum atomic E-state index is 11.7. The first-order valence-electron chi connectivity index (χ1n) is 11.0. The van der Waals surface area contributed by atoms with Crippen LogP contribution in [0.2, 0.25) is 0 Å². The minimum absolute atomic E-state index is 0.0543. The number of hydrogen-bond acceptors (Lipinski definition) is 4. The Balaban J connectivity index is 3.41. The molecule has 0 rings (SSSR count). The highest BCUT2D eigenvalue weighted by molar-refractivity contribution is 7.69. The first-order valence-corrected chi connectivity index (χ1v) is 12.5. The molecule has 0 fully saturated rings. The van der Waals surface area contributed by atoms with Gasteiger partial charge in [-0.05, 0) is 44.9 Å². The van der Waals surface area contributed by atoms with E-state index in [1.54, 1.807) is 0 Å². The van der Waals surface area contributed by atoms with Crippen molar-refractivity contribution in [3.05, 3.63) is 36.5 Å². The molecular formula is C23H41N2O3P. The van der Waals surface area contributed by atoms with Crippen LogP contribution in [0.4, 0.5) is 0 Å². The average molecular weight is 425 g/mol. The van der Waals surface area contributed by atoms with Crippen LogP contribution < -0.4 is 11.1 Å². The maximum absolute atomic E-state index is 11.7. The zero-order valence-electron chi connectivity index (χ0n) is 18.2. The van der Waals surface area contributed by atoms with Gasteiger partial charge in [0.05, 0.1) is 14.7 Å². The van der Waals surface area contributed by atoms with Crippen molar-refractivity contribution in [2.45, 2.75) is 77.6 Å². The van der Waals surface area contributed by atoms with Gasteiger partial charge in [0.1, 0.15) is 0 Å². The lowest BCUT2D eigenvalue weighted by Gasteiger charge is -2.08. The van der Waals surface area contributed by atoms with Gasteiger partial charge >= 0.3 is 0 Å². The largest absolute Gasteiger partial charge is 0.366 e. The average Bonchev–Trinajstić information content (AvgIpc) is 2.73. The van der Waals surface area contributed by atoms with Crippen molar-refractivity contribution < 1.29 is 14.5 Å². The van der Waals surface area contributed by atoms with Gasteiger partial charge in [-0.25, -0.2) is 0 Å². The van der Waals surface area contributed by atoms with Crippen LogP contribution >= 0.6 is 8.15 Å². The van der Waals surface area contributed by atoms with E-state index >= 15 is 0 Å². The highest BCUT2D eigenvalue weighted by Gasteiger charge is 2.12. The lowest BCUT2D eigenvalue weighted by atomic mass is 10.1. The molecule has 0 saturated carbocycles. The predicted molar refractivity (Wildman–Crippen MR) is 125 cm³/mol. The minimum Gasteiger partial charge on any atom is -0.366 e. The second-order valence-electron chi connectivity index (χ2n) is 7.02. The van der Waals surface area contributed by atoms with Crippen LogP contribution in [0.25, 0.3) is 0 Å². The van der Waals surface area contributed by atoms with E-state index in [0.717, 1.165) is 38.5 Å². The summed E-state index contributed by atoms with van der Waals surface area (Å²) in [6.07, 6.45) is 24.7. The van der Waals surface area contributed by atoms with E-state index in [4.69, 9.17) is 5.73 Å². The van der Waals surface area contributed by atoms with Crippen molar-refractivity contribution in [3.8, 4) is 0 Å². The van der Waals surface area contributed by atoms with Crippen LogP contribution in [0, 0.1) is 0 Å². The summed E-state index contributed by atoms with van der Waals surface area (Å²) >= 11 is 0. The van der Waals surface area contributed by atoms with E-state index < -0.39 is 8.15 Å². The summed E-state index contributed by atoms with van der Waals surface area (Å²) in [6.45, 7) is 2.54. The number of hydrogen-bond donors (Lipinski definition) is 3. The Hall–Kier alpha value is -1.29. The van der Waals surface area contributed by atoms with E-state index in [-0.39, 0.29) is 18.0 Å². The van der Waals surface area contributed by atoms with Gasteiger partial charge in [0, 0.05) is 19.1 Å². The molecule has 0 heterocycles. The fraction of sp³-hybridized carbons (Fsp3) is 0.652. The monoisotopic (exact) mass is 424 g/mol. The number of carbonyl (C=O) groups excluding carboxylic acids is 2. The molecule has 0 aromatic heterocycles. The van der Waals surface area contributed by atoms with Crippen molar-refractivity contribution in [1.29, 1.82) is 0 Å². The summed E-state index contributed by atoms with van der Waals surface area (Å²) < 4.78 is 0. The third kappa shape index (κ3) is 19.8. The Bertz CT molecular complexity index is 504. The highest BCUT2D eigenvalue weighted by Crippen LogP contribution is 2.30. The summed E-state index contributed by atoms with van der Waals surface area (Å²) in [5.74, 6) is 0.0543. The van der Waals surface area contributed by atoms with Gasteiger partial charge in [0.2, 0.25) is 5.91 Å². The van der Waals surface area contributed by atoms with Crippen LogP contribution in [0.3, 0.4) is 0 Å². The molecule has 0 spiro atoms. The van der Waals surface area contributed by atoms with Gasteiger partial charge in [0.25, 0.3) is 0 Å². The van der Waals surface area contributed by atoms with Crippen LogP contribution in [0.15, 0.2) is 36.5 Å². The molecule has 1 amide bonds. The van der Waals surface area contributed by atoms with E-state index in [1.165, 1.54) is 19.3 Å². The lowest BCUT2D eigenvalue weighted by Crippen LogP contribution is -2.24. The second kappa shape index (κ2) is 21.4. The molecular weight excluding hydrogens is 383 g/mol. The van der Waals surface area contributed by atoms with Crippen molar-refractivity contribution in [2.24, 2.45) is 5.73 Å². The summed E-state index contributed by atoms with van der Waals surface area (Å²) in [5.41, 5.74) is 4.92. The second-order valence-corrected chi connectivity index (χ2v) is 8.77. The van der Waals surface area contributed by atoms with Gasteiger partial charge < -0.3 is 15.9 Å². The Kier molecular flexibility index (Phi) is 20.5. The normalized spacial score (nSPS) is 12.9. The Morgan fingerprint density at radius 1 is 0.897 bits per heavy atom. The van der Waals surface area contributed by atoms with E-state index in [0.29, 0.717) is 25.5 Å². The summed E-state index contributed by atoms with van der Waals surface area (Å²) in [6, 6.07) is 0. The maximum Gasteiger partial charge on any atom is 0.219 e. The lowest BCUT2D eigenvalue weighted by molar-refractivity contribution is -0.121. The molecule has 0 aliphatic carbocycles. The smallest absolute Gasteiger partial charge is 0.219 e. The molecule has 0 bridgehead atoms. The first kappa shape index (κ1) is 27.7. The van der Waals surface area contributed by atoms with Crippen LogP contribution in [0.5, 0.6) is 0 Å². The fourth-order valence-corrected chi connectivity index (χ4v) is 3.60. The standard InChI is InChI=1S/C23H41N2O3P/c1-2-3-4-5-6-7-8-9-10-11-12-13-14-15-16-18-22(26)25-19-17-20-29(28)23(27)21-24/h3-4,6-7,9-10,28H,2,5,8,11-21,24H2,1H3,(H,25,26). The fourth-order valence-electron chi connectivity index (χ4n) is 2.68. The molecule has 0 saturated heterocycles. The molecule has 0 aliphatic rings. The molecule has 1 unspecified atom stereocenters. The number of nitrogens with two attached hydrogens (primary N) is 1. The SMILES string of the molecule is CCC=CCC=CCC=CCCCCCCCC(=O)NCCCP(O)C(=O)CN. The highest BCUT2D eigenvalue weighted by atomic mass is 31.1. The topological polar surface area (TPSA) is 92.4 Å². The predicted octanol–water partition coefficient (Wildman–Crippen LogP) is 4.96. The first-order chi connectivity index (χ1) is 14.1. The molecule has 4 N–H and O–H groups in total. The minimum atomic E-state index is -1.63.